The third kappa shape index (κ3) is 10.2. The van der Waals surface area contributed by atoms with Gasteiger partial charge in [0.05, 0.1) is 47.4 Å². The van der Waals surface area contributed by atoms with Crippen molar-refractivity contribution in [3.63, 3.8) is 0 Å². The topological polar surface area (TPSA) is 287 Å². The van der Waals surface area contributed by atoms with Crippen molar-refractivity contribution >= 4 is 40.1 Å². The maximum atomic E-state index is 11.4. The number of primary amides is 1. The number of carbonyl (C=O) groups is 1. The second kappa shape index (κ2) is 21.7. The largest absolute Gasteiger partial charge is 0.504 e. The summed E-state index contributed by atoms with van der Waals surface area (Å²) >= 11 is 0. The van der Waals surface area contributed by atoms with E-state index in [1.807, 2.05) is 111 Å². The van der Waals surface area contributed by atoms with Gasteiger partial charge in [-0.1, -0.05) is 109 Å². The lowest BCUT2D eigenvalue weighted by Crippen LogP contribution is -2.10. The van der Waals surface area contributed by atoms with Gasteiger partial charge in [0.15, 0.2) is 17.2 Å². The van der Waals surface area contributed by atoms with Crippen molar-refractivity contribution in [1.29, 1.82) is 0 Å². The minimum Gasteiger partial charge on any atom is -0.504 e. The van der Waals surface area contributed by atoms with Crippen LogP contribution in [0.25, 0.3) is 33.8 Å². The van der Waals surface area contributed by atoms with Crippen molar-refractivity contribution < 1.29 is 30.3 Å². The van der Waals surface area contributed by atoms with Crippen molar-refractivity contribution in [3.05, 3.63) is 195 Å². The molecule has 0 spiro atoms. The predicted molar refractivity (Wildman–Crippen MR) is 301 cm³/mol. The number of hydrogen-bond donors (Lipinski definition) is 8. The summed E-state index contributed by atoms with van der Waals surface area (Å²) in [5.41, 5.74) is 35.8. The lowest BCUT2D eigenvalue weighted by molar-refractivity contribution is 0.1000. The Morgan fingerprint density at radius 2 is 0.795 bits per heavy atom. The molecule has 18 nitrogen and oxygen atoms in total. The van der Waals surface area contributed by atoms with Crippen LogP contribution in [0.3, 0.4) is 0 Å². The molecule has 6 heterocycles. The molecule has 0 radical (unpaired) electrons. The molecule has 18 heteroatoms. The summed E-state index contributed by atoms with van der Waals surface area (Å²) in [7, 11) is 5.39. The van der Waals surface area contributed by atoms with Crippen LogP contribution in [-0.4, -0.2) is 77.9 Å². The summed E-state index contributed by atoms with van der Waals surface area (Å²) in [5, 5.41) is 64.2. The molecule has 3 aromatic heterocycles. The number of aliphatic hydroxyl groups is 2. The van der Waals surface area contributed by atoms with E-state index in [0.717, 1.165) is 78.4 Å². The number of benzene rings is 6. The van der Waals surface area contributed by atoms with Gasteiger partial charge in [0.2, 0.25) is 5.91 Å². The first-order valence-corrected chi connectivity index (χ1v) is 25.2. The van der Waals surface area contributed by atoms with Crippen molar-refractivity contribution in [3.8, 4) is 51.0 Å². The molecule has 394 valence electrons. The zero-order valence-corrected chi connectivity index (χ0v) is 43.5. The zero-order valence-electron chi connectivity index (χ0n) is 43.5. The van der Waals surface area contributed by atoms with Crippen LogP contribution < -0.4 is 17.2 Å². The highest BCUT2D eigenvalue weighted by Gasteiger charge is 2.29. The van der Waals surface area contributed by atoms with E-state index in [-0.39, 0.29) is 30.5 Å². The summed E-state index contributed by atoms with van der Waals surface area (Å²) in [6.07, 6.45) is 1.86. The van der Waals surface area contributed by atoms with E-state index >= 15 is 0 Å². The number of aromatic hydroxyl groups is 3. The van der Waals surface area contributed by atoms with E-state index in [4.69, 9.17) is 27.2 Å². The minimum atomic E-state index is -0.501. The van der Waals surface area contributed by atoms with Crippen LogP contribution in [0, 0.1) is 6.92 Å². The van der Waals surface area contributed by atoms with Gasteiger partial charge in [-0.2, -0.15) is 15.3 Å². The molecular weight excluding hydrogens is 985 g/mol. The Hall–Kier alpha value is -9.33. The van der Waals surface area contributed by atoms with E-state index in [9.17, 15) is 30.3 Å². The van der Waals surface area contributed by atoms with Gasteiger partial charge >= 0.3 is 0 Å². The van der Waals surface area contributed by atoms with Crippen molar-refractivity contribution in [1.82, 2.24) is 29.3 Å². The third-order valence-corrected chi connectivity index (χ3v) is 14.0. The number of aryl methyl sites for hydroxylation is 4. The van der Waals surface area contributed by atoms with Gasteiger partial charge in [-0.05, 0) is 70.1 Å². The van der Waals surface area contributed by atoms with Gasteiger partial charge < -0.3 is 42.7 Å². The van der Waals surface area contributed by atoms with E-state index in [0.29, 0.717) is 83.5 Å². The van der Waals surface area contributed by atoms with Crippen LogP contribution in [0.4, 0.5) is 17.1 Å². The number of aliphatic imine (C=N–C) groups is 3. The summed E-state index contributed by atoms with van der Waals surface area (Å²) in [6, 6.07) is 39.8. The van der Waals surface area contributed by atoms with Gasteiger partial charge in [0.1, 0.15) is 34.2 Å². The molecule has 0 bridgehead atoms. The minimum absolute atomic E-state index is 0.0143. The first kappa shape index (κ1) is 52.1. The van der Waals surface area contributed by atoms with Gasteiger partial charge in [-0.25, -0.2) is 0 Å². The molecule has 3 aliphatic rings. The van der Waals surface area contributed by atoms with Crippen LogP contribution >= 0.6 is 0 Å². The highest BCUT2D eigenvalue weighted by Crippen LogP contribution is 2.40. The smallest absolute Gasteiger partial charge is 0.248 e. The van der Waals surface area contributed by atoms with E-state index in [2.05, 4.69) is 26.4 Å². The molecule has 0 atom stereocenters. The lowest BCUT2D eigenvalue weighted by Gasteiger charge is -2.02. The standard InChI is InChI=1S/C20H18N4O3.C20H20N4O2.C20H20N4O/c1-24-18(16-8-13-6-7-14(20(21)27)9-15(13)22-16)19(26)17(23-24)12-4-2-11(10-25)3-5-12;1-24-19(17-9-15-7-4-13(10-21)8-16(15)22-17)20(26)18(23-24)14-5-2-12(11-25)3-6-14;1-12-3-6-14(7-4-12)18-20(25)19(24(2)23-18)17-10-15-8-5-13(11-21)9-16(15)22-17/h2-7,9,25-26H,8,10H2,1H3,(H2,21,27);2-8,25-26H,9-11,21H2,1H3;3-9,25H,10-11,21H2,1-2H3. The Kier molecular flexibility index (Phi) is 14.5. The molecule has 78 heavy (non-hydrogen) atoms. The number of carbonyl (C=O) groups excluding carboxylic acids is 1. The first-order chi connectivity index (χ1) is 37.6. The monoisotopic (exact) mass is 1040 g/mol. The number of nitrogens with two attached hydrogens (primary N) is 3. The van der Waals surface area contributed by atoms with E-state index in [1.165, 1.54) is 5.56 Å². The highest BCUT2D eigenvalue weighted by atomic mass is 16.3. The molecule has 0 saturated carbocycles. The molecule has 0 fully saturated rings. The van der Waals surface area contributed by atoms with Crippen LogP contribution in [0.2, 0.25) is 0 Å². The third-order valence-electron chi connectivity index (χ3n) is 14.0. The van der Waals surface area contributed by atoms with Crippen LogP contribution in [0.1, 0.15) is 71.9 Å². The molecule has 9 aromatic rings. The summed E-state index contributed by atoms with van der Waals surface area (Å²) < 4.78 is 4.97. The molecular formula is C60H58N12O6. The molecule has 12 rings (SSSR count). The number of hydrogen-bond acceptors (Lipinski definition) is 14. The number of rotatable bonds is 11. The average molecular weight is 1040 g/mol. The molecule has 3 aliphatic heterocycles. The molecule has 0 saturated heterocycles. The second-order valence-corrected chi connectivity index (χ2v) is 19.3. The Labute approximate surface area is 449 Å². The molecule has 6 aromatic carbocycles. The number of aliphatic hydroxyl groups excluding tert-OH is 2. The number of aromatic nitrogens is 6. The summed E-state index contributed by atoms with van der Waals surface area (Å²) in [6.45, 7) is 2.95. The van der Waals surface area contributed by atoms with Gasteiger partial charge in [0, 0.05) is 75.7 Å². The number of fused-ring (bicyclic) bond motifs is 3. The Morgan fingerprint density at radius 3 is 1.13 bits per heavy atom. The van der Waals surface area contributed by atoms with E-state index in [1.54, 1.807) is 52.4 Å². The molecule has 11 N–H and O–H groups in total. The first-order valence-electron chi connectivity index (χ1n) is 25.2. The fourth-order valence-corrected chi connectivity index (χ4v) is 9.80. The predicted octanol–water partition coefficient (Wildman–Crippen LogP) is 7.72. The lowest BCUT2D eigenvalue weighted by atomic mass is 10.0. The Morgan fingerprint density at radius 1 is 0.474 bits per heavy atom. The normalized spacial score (nSPS) is 12.9. The zero-order chi connectivity index (χ0) is 54.9. The number of nitrogens with zero attached hydrogens (tertiary/aromatic N) is 9. The average Bonchev–Trinajstić information content (AvgIpc) is 4.49. The van der Waals surface area contributed by atoms with Crippen LogP contribution in [-0.2, 0) is 66.7 Å². The quantitative estimate of drug-likeness (QED) is 0.0621. The SMILES string of the molecule is Cc1ccc(-c2nn(C)c(C3=Nc4cc(CN)ccc4C3)c2O)cc1.Cn1nc(-c2ccc(CO)cc2)c(O)c1C1=Nc2cc(C(N)=O)ccc2C1.Cn1nc(-c2ccc(CO)cc2)c(O)c1C1=Nc2cc(CN)ccc2C1. The van der Waals surface area contributed by atoms with Gasteiger partial charge in [-0.15, -0.1) is 0 Å². The molecule has 0 aliphatic carbocycles. The van der Waals surface area contributed by atoms with Gasteiger partial charge in [-0.3, -0.25) is 33.8 Å². The second-order valence-electron chi connectivity index (χ2n) is 19.3. The van der Waals surface area contributed by atoms with Crippen molar-refractivity contribution in [2.45, 2.75) is 52.5 Å². The number of amides is 1. The summed E-state index contributed by atoms with van der Waals surface area (Å²) in [4.78, 5) is 25.4. The fraction of sp³-hybridized carbons (Fsp3) is 0.183. The van der Waals surface area contributed by atoms with Crippen LogP contribution in [0.15, 0.2) is 142 Å². The highest BCUT2D eigenvalue weighted by molar-refractivity contribution is 6.10. The van der Waals surface area contributed by atoms with Crippen molar-refractivity contribution in [2.75, 3.05) is 0 Å². The maximum Gasteiger partial charge on any atom is 0.248 e. The van der Waals surface area contributed by atoms with E-state index < -0.39 is 5.91 Å². The maximum absolute atomic E-state index is 11.4. The Balaban J connectivity index is 0.000000132. The molecule has 0 unspecified atom stereocenters. The molecule has 1 amide bonds. The fourth-order valence-electron chi connectivity index (χ4n) is 9.80. The van der Waals surface area contributed by atoms with Gasteiger partial charge in [0.25, 0.3) is 0 Å². The van der Waals surface area contributed by atoms with Crippen molar-refractivity contribution in [2.24, 2.45) is 53.3 Å². The van der Waals surface area contributed by atoms with Crippen LogP contribution in [0.5, 0.6) is 17.2 Å². The Bertz CT molecular complexity index is 3870. The summed E-state index contributed by atoms with van der Waals surface area (Å²) in [5.74, 6) is -0.152.